The van der Waals surface area contributed by atoms with Crippen LogP contribution in [0.2, 0.25) is 10.0 Å². The average Bonchev–Trinajstić information content (AvgIpc) is 2.73. The molecule has 1 aromatic rings. The number of hydrogen-bond donors (Lipinski definition) is 1. The monoisotopic (exact) mass is 456 g/mol. The van der Waals surface area contributed by atoms with Gasteiger partial charge in [0.05, 0.1) is 31.8 Å². The Kier molecular flexibility index (Phi) is 8.36. The minimum Gasteiger partial charge on any atom is -0.379 e. The minimum atomic E-state index is -0.282. The molecule has 1 aromatic carbocycles. The molecule has 2 fully saturated rings. The molecule has 2 saturated heterocycles. The quantitative estimate of drug-likeness (QED) is 0.709. The van der Waals surface area contributed by atoms with E-state index in [4.69, 9.17) is 27.9 Å². The van der Waals surface area contributed by atoms with Crippen molar-refractivity contribution in [2.45, 2.75) is 25.9 Å². The number of morpholine rings is 1. The van der Waals surface area contributed by atoms with E-state index in [2.05, 4.69) is 15.1 Å². The molecule has 0 radical (unpaired) electrons. The number of carbonyl (C=O) groups is 2. The van der Waals surface area contributed by atoms with Crippen LogP contribution in [0.4, 0.5) is 0 Å². The second-order valence-electron chi connectivity index (χ2n) is 7.88. The molecule has 0 saturated carbocycles. The molecule has 2 atom stereocenters. The Labute approximate surface area is 188 Å². The van der Waals surface area contributed by atoms with Gasteiger partial charge in [0.1, 0.15) is 0 Å². The van der Waals surface area contributed by atoms with Crippen LogP contribution >= 0.6 is 23.2 Å². The zero-order valence-corrected chi connectivity index (χ0v) is 19.1. The van der Waals surface area contributed by atoms with Crippen molar-refractivity contribution in [1.29, 1.82) is 0 Å². The molecule has 7 nitrogen and oxygen atoms in total. The van der Waals surface area contributed by atoms with E-state index >= 15 is 0 Å². The summed E-state index contributed by atoms with van der Waals surface area (Å²) >= 11 is 12.2. The van der Waals surface area contributed by atoms with Crippen LogP contribution in [0.15, 0.2) is 18.2 Å². The Bertz CT molecular complexity index is 750. The fraction of sp³-hybridized carbons (Fsp3) is 0.619. The lowest BCUT2D eigenvalue weighted by molar-refractivity contribution is -0.136. The van der Waals surface area contributed by atoms with Crippen LogP contribution in [0.3, 0.4) is 0 Å². The van der Waals surface area contributed by atoms with Crippen molar-refractivity contribution in [2.24, 2.45) is 0 Å². The van der Waals surface area contributed by atoms with Crippen LogP contribution < -0.4 is 5.32 Å². The third-order valence-electron chi connectivity index (χ3n) is 5.84. The summed E-state index contributed by atoms with van der Waals surface area (Å²) in [6.45, 7) is 9.87. The Balaban J connectivity index is 1.46. The fourth-order valence-corrected chi connectivity index (χ4v) is 4.41. The van der Waals surface area contributed by atoms with Gasteiger partial charge in [-0.2, -0.15) is 0 Å². The molecular weight excluding hydrogens is 427 g/mol. The van der Waals surface area contributed by atoms with Crippen LogP contribution in [-0.4, -0.2) is 91.6 Å². The first-order valence-corrected chi connectivity index (χ1v) is 11.2. The highest BCUT2D eigenvalue weighted by molar-refractivity contribution is 6.35. The van der Waals surface area contributed by atoms with Crippen molar-refractivity contribution >= 4 is 35.0 Å². The number of amides is 2. The minimum absolute atomic E-state index is 0.0541. The zero-order valence-electron chi connectivity index (χ0n) is 17.6. The Morgan fingerprint density at radius 3 is 2.37 bits per heavy atom. The topological polar surface area (TPSA) is 65.1 Å². The lowest BCUT2D eigenvalue weighted by Crippen LogP contribution is -2.56. The van der Waals surface area contributed by atoms with Crippen LogP contribution in [0.5, 0.6) is 0 Å². The lowest BCUT2D eigenvalue weighted by atomic mass is 10.1. The molecule has 9 heteroatoms. The molecular formula is C21H30Cl2N4O3. The molecule has 3 rings (SSSR count). The van der Waals surface area contributed by atoms with Gasteiger partial charge in [-0.25, -0.2) is 0 Å². The van der Waals surface area contributed by atoms with Gasteiger partial charge in [0.15, 0.2) is 0 Å². The molecule has 0 aliphatic carbocycles. The zero-order chi connectivity index (χ0) is 21.7. The molecule has 2 unspecified atom stereocenters. The summed E-state index contributed by atoms with van der Waals surface area (Å²) in [6.07, 6.45) is 0. The molecule has 0 spiro atoms. The van der Waals surface area contributed by atoms with Gasteiger partial charge >= 0.3 is 0 Å². The van der Waals surface area contributed by atoms with E-state index in [0.29, 0.717) is 56.0 Å². The van der Waals surface area contributed by atoms with Gasteiger partial charge in [0.25, 0.3) is 0 Å². The van der Waals surface area contributed by atoms with Gasteiger partial charge in [-0.3, -0.25) is 19.4 Å². The molecule has 2 aliphatic rings. The van der Waals surface area contributed by atoms with Gasteiger partial charge in [-0.1, -0.05) is 29.3 Å². The van der Waals surface area contributed by atoms with E-state index in [1.807, 2.05) is 24.8 Å². The highest BCUT2D eigenvalue weighted by Gasteiger charge is 2.29. The Morgan fingerprint density at radius 2 is 1.73 bits per heavy atom. The van der Waals surface area contributed by atoms with Crippen LogP contribution in [0, 0.1) is 0 Å². The summed E-state index contributed by atoms with van der Waals surface area (Å²) in [5.41, 5.74) is 0.833. The summed E-state index contributed by atoms with van der Waals surface area (Å²) in [7, 11) is 0. The molecule has 166 valence electrons. The van der Waals surface area contributed by atoms with Gasteiger partial charge in [0, 0.05) is 49.3 Å². The number of piperazine rings is 1. The summed E-state index contributed by atoms with van der Waals surface area (Å²) in [5.74, 6) is 0.0984. The average molecular weight is 457 g/mol. The van der Waals surface area contributed by atoms with Gasteiger partial charge < -0.3 is 15.0 Å². The number of rotatable bonds is 6. The van der Waals surface area contributed by atoms with Crippen molar-refractivity contribution in [3.05, 3.63) is 33.8 Å². The fourth-order valence-electron chi connectivity index (χ4n) is 3.84. The SMILES string of the molecule is CC(NC(=O)C(C)N1CCN(C(=O)CN2CCOCC2)CC1)c1ccc(Cl)cc1Cl. The molecule has 2 aliphatic heterocycles. The number of hydrogen-bond acceptors (Lipinski definition) is 5. The first-order valence-electron chi connectivity index (χ1n) is 10.4. The molecule has 2 heterocycles. The Morgan fingerprint density at radius 1 is 1.07 bits per heavy atom. The number of ether oxygens (including phenoxy) is 1. The first-order chi connectivity index (χ1) is 14.3. The predicted octanol–water partition coefficient (Wildman–Crippen LogP) is 2.04. The van der Waals surface area contributed by atoms with Crippen LogP contribution in [-0.2, 0) is 14.3 Å². The van der Waals surface area contributed by atoms with Crippen molar-refractivity contribution in [3.63, 3.8) is 0 Å². The highest BCUT2D eigenvalue weighted by atomic mass is 35.5. The standard InChI is InChI=1S/C21H30Cl2N4O3/c1-15(18-4-3-17(22)13-19(18)23)24-21(29)16(2)26-5-7-27(8-6-26)20(28)14-25-9-11-30-12-10-25/h3-4,13,15-16H,5-12,14H2,1-2H3,(H,24,29). The lowest BCUT2D eigenvalue weighted by Gasteiger charge is -2.38. The summed E-state index contributed by atoms with van der Waals surface area (Å²) < 4.78 is 5.33. The van der Waals surface area contributed by atoms with Gasteiger partial charge in [-0.05, 0) is 31.5 Å². The molecule has 0 bridgehead atoms. The second kappa shape index (κ2) is 10.8. The van der Waals surface area contributed by atoms with Crippen LogP contribution in [0.1, 0.15) is 25.5 Å². The highest BCUT2D eigenvalue weighted by Crippen LogP contribution is 2.26. The molecule has 0 aromatic heterocycles. The van der Waals surface area contributed by atoms with E-state index in [-0.39, 0.29) is 23.9 Å². The van der Waals surface area contributed by atoms with E-state index < -0.39 is 0 Å². The van der Waals surface area contributed by atoms with E-state index in [1.165, 1.54) is 0 Å². The summed E-state index contributed by atoms with van der Waals surface area (Å²) in [4.78, 5) is 31.5. The maximum Gasteiger partial charge on any atom is 0.237 e. The van der Waals surface area contributed by atoms with E-state index in [0.717, 1.165) is 18.7 Å². The third kappa shape index (κ3) is 6.08. The van der Waals surface area contributed by atoms with Crippen LogP contribution in [0.25, 0.3) is 0 Å². The number of carbonyl (C=O) groups excluding carboxylic acids is 2. The van der Waals surface area contributed by atoms with Gasteiger partial charge in [-0.15, -0.1) is 0 Å². The molecule has 2 amide bonds. The van der Waals surface area contributed by atoms with E-state index in [1.54, 1.807) is 12.1 Å². The molecule has 1 N–H and O–H groups in total. The normalized spacial score (nSPS) is 20.6. The largest absolute Gasteiger partial charge is 0.379 e. The van der Waals surface area contributed by atoms with Crippen molar-refractivity contribution in [1.82, 2.24) is 20.0 Å². The smallest absolute Gasteiger partial charge is 0.237 e. The maximum absolute atomic E-state index is 12.8. The Hall–Kier alpha value is -1.38. The summed E-state index contributed by atoms with van der Waals surface area (Å²) in [5, 5.41) is 4.14. The second-order valence-corrected chi connectivity index (χ2v) is 8.72. The number of nitrogens with zero attached hydrogens (tertiary/aromatic N) is 3. The number of nitrogens with one attached hydrogen (secondary N) is 1. The first kappa shape index (κ1) is 23.3. The predicted molar refractivity (Wildman–Crippen MR) is 118 cm³/mol. The maximum atomic E-state index is 12.8. The number of benzene rings is 1. The van der Waals surface area contributed by atoms with Crippen molar-refractivity contribution < 1.29 is 14.3 Å². The number of halogens is 2. The van der Waals surface area contributed by atoms with Crippen molar-refractivity contribution in [2.75, 3.05) is 59.0 Å². The summed E-state index contributed by atoms with van der Waals surface area (Å²) in [6, 6.07) is 4.77. The van der Waals surface area contributed by atoms with Crippen molar-refractivity contribution in [3.8, 4) is 0 Å². The van der Waals surface area contributed by atoms with E-state index in [9.17, 15) is 9.59 Å². The van der Waals surface area contributed by atoms with Gasteiger partial charge in [0.2, 0.25) is 11.8 Å². The molecule has 30 heavy (non-hydrogen) atoms. The third-order valence-corrected chi connectivity index (χ3v) is 6.41.